The fraction of sp³-hybridized carbons (Fsp3) is 0.350. The van der Waals surface area contributed by atoms with Gasteiger partial charge >= 0.3 is 0 Å². The Morgan fingerprint density at radius 3 is 1.96 bits per heavy atom. The maximum absolute atomic E-state index is 12.7. The lowest BCUT2D eigenvalue weighted by Gasteiger charge is -2.34. The first kappa shape index (κ1) is 18.7. The van der Waals surface area contributed by atoms with Gasteiger partial charge in [0.15, 0.2) is 5.76 Å². The summed E-state index contributed by atoms with van der Waals surface area (Å²) in [6.07, 6.45) is 1.47. The Labute approximate surface area is 157 Å². The topological polar surface area (TPSA) is 82.9 Å². The van der Waals surface area contributed by atoms with E-state index in [0.717, 1.165) is 0 Å². The molecule has 1 aromatic heterocycles. The van der Waals surface area contributed by atoms with Gasteiger partial charge in [0.25, 0.3) is 17.7 Å². The SMILES string of the molecule is CC(C)NC(=O)c1ccc(C(=O)N2CCN(C(=O)c3ccco3)CC2)cc1. The number of piperazine rings is 1. The van der Waals surface area contributed by atoms with Crippen molar-refractivity contribution in [2.75, 3.05) is 26.2 Å². The van der Waals surface area contributed by atoms with Crippen molar-refractivity contribution < 1.29 is 18.8 Å². The van der Waals surface area contributed by atoms with Crippen LogP contribution in [0.2, 0.25) is 0 Å². The molecule has 0 radical (unpaired) electrons. The number of hydrogen-bond acceptors (Lipinski definition) is 4. The van der Waals surface area contributed by atoms with Gasteiger partial charge in [-0.15, -0.1) is 0 Å². The van der Waals surface area contributed by atoms with Crippen LogP contribution in [0.5, 0.6) is 0 Å². The van der Waals surface area contributed by atoms with Gasteiger partial charge in [-0.3, -0.25) is 14.4 Å². The molecule has 27 heavy (non-hydrogen) atoms. The number of carbonyl (C=O) groups is 3. The Morgan fingerprint density at radius 1 is 0.889 bits per heavy atom. The lowest BCUT2D eigenvalue weighted by Crippen LogP contribution is -2.50. The molecule has 1 aliphatic rings. The zero-order chi connectivity index (χ0) is 19.4. The Bertz CT molecular complexity index is 804. The van der Waals surface area contributed by atoms with Crippen LogP contribution >= 0.6 is 0 Å². The molecule has 1 aliphatic heterocycles. The van der Waals surface area contributed by atoms with Crippen molar-refractivity contribution in [1.82, 2.24) is 15.1 Å². The van der Waals surface area contributed by atoms with E-state index >= 15 is 0 Å². The molecule has 1 aromatic carbocycles. The third kappa shape index (κ3) is 4.36. The van der Waals surface area contributed by atoms with E-state index in [-0.39, 0.29) is 23.8 Å². The molecular weight excluding hydrogens is 346 g/mol. The van der Waals surface area contributed by atoms with Gasteiger partial charge < -0.3 is 19.5 Å². The first-order valence-electron chi connectivity index (χ1n) is 8.98. The quantitative estimate of drug-likeness (QED) is 0.894. The second-order valence-corrected chi connectivity index (χ2v) is 6.77. The summed E-state index contributed by atoms with van der Waals surface area (Å²) >= 11 is 0. The largest absolute Gasteiger partial charge is 0.459 e. The molecule has 3 amide bonds. The molecule has 1 fully saturated rings. The minimum absolute atomic E-state index is 0.0546. The van der Waals surface area contributed by atoms with Crippen LogP contribution in [-0.4, -0.2) is 59.7 Å². The van der Waals surface area contributed by atoms with Gasteiger partial charge in [-0.1, -0.05) is 0 Å². The Kier molecular flexibility index (Phi) is 5.59. The fourth-order valence-corrected chi connectivity index (χ4v) is 2.96. The maximum atomic E-state index is 12.7. The highest BCUT2D eigenvalue weighted by Gasteiger charge is 2.26. The molecule has 142 valence electrons. The molecule has 7 nitrogen and oxygen atoms in total. The average molecular weight is 369 g/mol. The first-order chi connectivity index (χ1) is 13.0. The van der Waals surface area contributed by atoms with Crippen LogP contribution < -0.4 is 5.32 Å². The van der Waals surface area contributed by atoms with Crippen LogP contribution in [0.4, 0.5) is 0 Å². The van der Waals surface area contributed by atoms with E-state index in [4.69, 9.17) is 4.42 Å². The number of furan rings is 1. The fourth-order valence-electron chi connectivity index (χ4n) is 2.96. The van der Waals surface area contributed by atoms with Gasteiger partial charge in [0.2, 0.25) is 0 Å². The van der Waals surface area contributed by atoms with Crippen molar-refractivity contribution >= 4 is 17.7 Å². The molecule has 3 rings (SSSR count). The Balaban J connectivity index is 1.57. The van der Waals surface area contributed by atoms with Crippen molar-refractivity contribution in [3.05, 3.63) is 59.5 Å². The highest BCUT2D eigenvalue weighted by molar-refractivity contribution is 5.98. The summed E-state index contributed by atoms with van der Waals surface area (Å²) in [5.74, 6) is -0.109. The molecule has 1 saturated heterocycles. The van der Waals surface area contributed by atoms with E-state index in [2.05, 4.69) is 5.32 Å². The predicted molar refractivity (Wildman–Crippen MR) is 99.6 cm³/mol. The van der Waals surface area contributed by atoms with Crippen LogP contribution in [0.1, 0.15) is 45.1 Å². The van der Waals surface area contributed by atoms with Gasteiger partial charge in [-0.2, -0.15) is 0 Å². The predicted octanol–water partition coefficient (Wildman–Crippen LogP) is 2.02. The van der Waals surface area contributed by atoms with Crippen LogP contribution in [0.3, 0.4) is 0 Å². The zero-order valence-electron chi connectivity index (χ0n) is 15.5. The molecule has 0 bridgehead atoms. The molecule has 1 N–H and O–H groups in total. The number of rotatable bonds is 4. The van der Waals surface area contributed by atoms with Crippen LogP contribution in [0.25, 0.3) is 0 Å². The van der Waals surface area contributed by atoms with Crippen molar-refractivity contribution in [2.45, 2.75) is 19.9 Å². The number of carbonyl (C=O) groups excluding carboxylic acids is 3. The molecule has 0 aliphatic carbocycles. The number of nitrogens with one attached hydrogen (secondary N) is 1. The minimum atomic E-state index is -0.160. The summed E-state index contributed by atoms with van der Waals surface area (Å²) in [5, 5.41) is 2.82. The van der Waals surface area contributed by atoms with Gasteiger partial charge in [0.1, 0.15) is 0 Å². The average Bonchev–Trinajstić information content (AvgIpc) is 3.21. The number of hydrogen-bond donors (Lipinski definition) is 1. The van der Waals surface area contributed by atoms with Crippen molar-refractivity contribution in [2.24, 2.45) is 0 Å². The lowest BCUT2D eigenvalue weighted by molar-refractivity contribution is 0.0518. The molecule has 0 spiro atoms. The lowest BCUT2D eigenvalue weighted by atomic mass is 10.1. The van der Waals surface area contributed by atoms with E-state index in [1.54, 1.807) is 46.2 Å². The van der Waals surface area contributed by atoms with E-state index in [1.807, 2.05) is 13.8 Å². The molecule has 0 atom stereocenters. The second-order valence-electron chi connectivity index (χ2n) is 6.77. The maximum Gasteiger partial charge on any atom is 0.289 e. The number of benzene rings is 1. The van der Waals surface area contributed by atoms with Gasteiger partial charge in [0.05, 0.1) is 6.26 Å². The Morgan fingerprint density at radius 2 is 1.44 bits per heavy atom. The van der Waals surface area contributed by atoms with Crippen LogP contribution in [0, 0.1) is 0 Å². The molecular formula is C20H23N3O4. The normalized spacial score (nSPS) is 14.3. The zero-order valence-corrected chi connectivity index (χ0v) is 15.5. The summed E-state index contributed by atoms with van der Waals surface area (Å²) in [5.41, 5.74) is 1.05. The Hall–Kier alpha value is -3.09. The summed E-state index contributed by atoms with van der Waals surface area (Å²) in [7, 11) is 0. The molecule has 0 unspecified atom stereocenters. The summed E-state index contributed by atoms with van der Waals surface area (Å²) in [4.78, 5) is 40.3. The monoisotopic (exact) mass is 369 g/mol. The molecule has 7 heteroatoms. The third-order valence-corrected chi connectivity index (χ3v) is 4.40. The third-order valence-electron chi connectivity index (χ3n) is 4.40. The number of amides is 3. The smallest absolute Gasteiger partial charge is 0.289 e. The second kappa shape index (κ2) is 8.07. The van der Waals surface area contributed by atoms with Crippen LogP contribution in [0.15, 0.2) is 47.1 Å². The first-order valence-corrected chi connectivity index (χ1v) is 8.98. The van der Waals surface area contributed by atoms with E-state index in [9.17, 15) is 14.4 Å². The number of nitrogens with zero attached hydrogens (tertiary/aromatic N) is 2. The highest BCUT2D eigenvalue weighted by atomic mass is 16.3. The summed E-state index contributed by atoms with van der Waals surface area (Å²) in [6, 6.07) is 10.0. The van der Waals surface area contributed by atoms with Crippen molar-refractivity contribution in [3.63, 3.8) is 0 Å². The molecule has 2 aromatic rings. The van der Waals surface area contributed by atoms with Crippen molar-refractivity contribution in [1.29, 1.82) is 0 Å². The standard InChI is InChI=1S/C20H23N3O4/c1-14(2)21-18(24)15-5-7-16(8-6-15)19(25)22-9-11-23(12-10-22)20(26)17-4-3-13-27-17/h3-8,13-14H,9-12H2,1-2H3,(H,21,24). The van der Waals surface area contributed by atoms with Gasteiger partial charge in [-0.05, 0) is 50.2 Å². The summed E-state index contributed by atoms with van der Waals surface area (Å²) < 4.78 is 5.14. The summed E-state index contributed by atoms with van der Waals surface area (Å²) in [6.45, 7) is 5.63. The van der Waals surface area contributed by atoms with Gasteiger partial charge in [0, 0.05) is 43.3 Å². The van der Waals surface area contributed by atoms with Crippen molar-refractivity contribution in [3.8, 4) is 0 Å². The van der Waals surface area contributed by atoms with Gasteiger partial charge in [-0.25, -0.2) is 0 Å². The molecule has 2 heterocycles. The van der Waals surface area contributed by atoms with E-state index in [1.165, 1.54) is 6.26 Å². The van der Waals surface area contributed by atoms with E-state index in [0.29, 0.717) is 43.1 Å². The van der Waals surface area contributed by atoms with E-state index < -0.39 is 0 Å². The minimum Gasteiger partial charge on any atom is -0.459 e. The molecule has 0 saturated carbocycles. The highest BCUT2D eigenvalue weighted by Crippen LogP contribution is 2.13. The van der Waals surface area contributed by atoms with Crippen LogP contribution in [-0.2, 0) is 0 Å².